The van der Waals surface area contributed by atoms with Gasteiger partial charge in [0.25, 0.3) is 0 Å². The topological polar surface area (TPSA) is 24.1 Å². The van der Waals surface area contributed by atoms with Crippen molar-refractivity contribution in [1.29, 1.82) is 0 Å². The van der Waals surface area contributed by atoms with Crippen LogP contribution in [0, 0.1) is 0 Å². The monoisotopic (exact) mass is 290 g/mol. The van der Waals surface area contributed by atoms with Crippen molar-refractivity contribution in [3.05, 3.63) is 34.3 Å². The Morgan fingerprint density at radius 2 is 2.07 bits per heavy atom. The summed E-state index contributed by atoms with van der Waals surface area (Å²) in [4.78, 5) is 0. The summed E-state index contributed by atoms with van der Waals surface area (Å²) in [5.41, 5.74) is 1.11. The zero-order valence-corrected chi connectivity index (χ0v) is 10.5. The number of hydrogen-bond donors (Lipinski definition) is 2. The molecule has 0 unspecified atom stereocenters. The SMILES string of the molecule is FCCNC(=S)NCc1ccccc1Br. The Hall–Kier alpha value is -0.680. The largest absolute Gasteiger partial charge is 0.360 e. The van der Waals surface area contributed by atoms with Gasteiger partial charge in [-0.3, -0.25) is 0 Å². The molecule has 0 heterocycles. The number of rotatable bonds is 4. The van der Waals surface area contributed by atoms with E-state index in [9.17, 15) is 4.39 Å². The van der Waals surface area contributed by atoms with Gasteiger partial charge in [0.2, 0.25) is 0 Å². The molecule has 1 aromatic carbocycles. The number of halogens is 2. The molecule has 0 atom stereocenters. The lowest BCUT2D eigenvalue weighted by Crippen LogP contribution is -2.35. The van der Waals surface area contributed by atoms with E-state index in [0.29, 0.717) is 11.7 Å². The molecular formula is C10H12BrFN2S. The lowest BCUT2D eigenvalue weighted by molar-refractivity contribution is 0.490. The van der Waals surface area contributed by atoms with Gasteiger partial charge in [-0.05, 0) is 23.8 Å². The molecule has 0 bridgehead atoms. The Kier molecular flexibility index (Phi) is 5.57. The lowest BCUT2D eigenvalue weighted by atomic mass is 10.2. The zero-order valence-electron chi connectivity index (χ0n) is 8.09. The molecule has 2 N–H and O–H groups in total. The zero-order chi connectivity index (χ0) is 11.1. The maximum atomic E-state index is 11.8. The van der Waals surface area contributed by atoms with Crippen LogP contribution in [0.2, 0.25) is 0 Å². The van der Waals surface area contributed by atoms with Crippen LogP contribution in [0.5, 0.6) is 0 Å². The van der Waals surface area contributed by atoms with Crippen LogP contribution >= 0.6 is 28.1 Å². The Bertz CT molecular complexity index is 333. The lowest BCUT2D eigenvalue weighted by Gasteiger charge is -2.09. The maximum absolute atomic E-state index is 11.8. The normalized spacial score (nSPS) is 9.73. The first-order valence-electron chi connectivity index (χ1n) is 4.55. The number of nitrogens with one attached hydrogen (secondary N) is 2. The molecule has 0 aliphatic heterocycles. The highest BCUT2D eigenvalue weighted by Crippen LogP contribution is 2.15. The van der Waals surface area contributed by atoms with E-state index in [1.807, 2.05) is 24.3 Å². The highest BCUT2D eigenvalue weighted by atomic mass is 79.9. The Balaban J connectivity index is 2.37. The van der Waals surface area contributed by atoms with E-state index < -0.39 is 6.67 Å². The van der Waals surface area contributed by atoms with Crippen LogP contribution in [0.4, 0.5) is 4.39 Å². The fourth-order valence-electron chi connectivity index (χ4n) is 1.04. The van der Waals surface area contributed by atoms with Crippen molar-refractivity contribution in [2.24, 2.45) is 0 Å². The van der Waals surface area contributed by atoms with E-state index in [-0.39, 0.29) is 6.54 Å². The van der Waals surface area contributed by atoms with Crippen molar-refractivity contribution in [1.82, 2.24) is 10.6 Å². The van der Waals surface area contributed by atoms with E-state index in [1.165, 1.54) is 0 Å². The van der Waals surface area contributed by atoms with E-state index in [4.69, 9.17) is 12.2 Å². The van der Waals surface area contributed by atoms with Gasteiger partial charge in [0.05, 0.1) is 0 Å². The van der Waals surface area contributed by atoms with Gasteiger partial charge in [-0.2, -0.15) is 0 Å². The Morgan fingerprint density at radius 1 is 1.33 bits per heavy atom. The second-order valence-electron chi connectivity index (χ2n) is 2.89. The van der Waals surface area contributed by atoms with Crippen LogP contribution in [-0.4, -0.2) is 18.3 Å². The molecule has 0 fully saturated rings. The van der Waals surface area contributed by atoms with Gasteiger partial charge in [0, 0.05) is 17.6 Å². The average Bonchev–Trinajstić information content (AvgIpc) is 2.25. The molecular weight excluding hydrogens is 279 g/mol. The molecule has 0 saturated heterocycles. The number of thiocarbonyl (C=S) groups is 1. The van der Waals surface area contributed by atoms with Gasteiger partial charge in [-0.1, -0.05) is 34.1 Å². The van der Waals surface area contributed by atoms with E-state index in [0.717, 1.165) is 10.0 Å². The summed E-state index contributed by atoms with van der Waals surface area (Å²) in [5.74, 6) is 0. The van der Waals surface area contributed by atoms with E-state index in [1.54, 1.807) is 0 Å². The molecule has 82 valence electrons. The quantitative estimate of drug-likeness (QED) is 0.833. The van der Waals surface area contributed by atoms with Crippen molar-refractivity contribution in [2.75, 3.05) is 13.2 Å². The van der Waals surface area contributed by atoms with Crippen LogP contribution in [0.15, 0.2) is 28.7 Å². The number of hydrogen-bond acceptors (Lipinski definition) is 1. The summed E-state index contributed by atoms with van der Waals surface area (Å²) in [7, 11) is 0. The summed E-state index contributed by atoms with van der Waals surface area (Å²) in [6.07, 6.45) is 0. The molecule has 0 spiro atoms. The molecule has 0 aromatic heterocycles. The molecule has 1 aromatic rings. The van der Waals surface area contributed by atoms with Gasteiger partial charge < -0.3 is 10.6 Å². The second-order valence-corrected chi connectivity index (χ2v) is 4.15. The van der Waals surface area contributed by atoms with Crippen molar-refractivity contribution in [3.63, 3.8) is 0 Å². The third-order valence-corrected chi connectivity index (χ3v) is 2.84. The Labute approximate surface area is 102 Å². The Morgan fingerprint density at radius 3 is 2.73 bits per heavy atom. The summed E-state index contributed by atoms with van der Waals surface area (Å²) in [6, 6.07) is 7.87. The maximum Gasteiger partial charge on any atom is 0.166 e. The van der Waals surface area contributed by atoms with Gasteiger partial charge in [0.15, 0.2) is 5.11 Å². The number of alkyl halides is 1. The van der Waals surface area contributed by atoms with Crippen LogP contribution in [0.25, 0.3) is 0 Å². The standard InChI is InChI=1S/C10H12BrFN2S/c11-9-4-2-1-3-8(9)7-14-10(15)13-6-5-12/h1-4H,5-7H2,(H2,13,14,15). The highest BCUT2D eigenvalue weighted by Gasteiger charge is 1.99. The molecule has 15 heavy (non-hydrogen) atoms. The smallest absolute Gasteiger partial charge is 0.166 e. The minimum atomic E-state index is -0.420. The van der Waals surface area contributed by atoms with Crippen LogP contribution in [0.1, 0.15) is 5.56 Å². The van der Waals surface area contributed by atoms with Crippen molar-refractivity contribution >= 4 is 33.3 Å². The molecule has 5 heteroatoms. The first-order chi connectivity index (χ1) is 7.24. The molecule has 0 amide bonds. The van der Waals surface area contributed by atoms with E-state index >= 15 is 0 Å². The summed E-state index contributed by atoms with van der Waals surface area (Å²) in [5, 5.41) is 6.23. The molecule has 0 aliphatic rings. The molecule has 0 aliphatic carbocycles. The number of benzene rings is 1. The summed E-state index contributed by atoms with van der Waals surface area (Å²) < 4.78 is 12.9. The highest BCUT2D eigenvalue weighted by molar-refractivity contribution is 9.10. The minimum Gasteiger partial charge on any atom is -0.360 e. The molecule has 2 nitrogen and oxygen atoms in total. The van der Waals surface area contributed by atoms with Crippen molar-refractivity contribution in [3.8, 4) is 0 Å². The van der Waals surface area contributed by atoms with Gasteiger partial charge >= 0.3 is 0 Å². The predicted molar refractivity (Wildman–Crippen MR) is 67.6 cm³/mol. The predicted octanol–water partition coefficient (Wildman–Crippen LogP) is 2.38. The van der Waals surface area contributed by atoms with Gasteiger partial charge in [0.1, 0.15) is 6.67 Å². The van der Waals surface area contributed by atoms with Crippen LogP contribution in [0.3, 0.4) is 0 Å². The third-order valence-electron chi connectivity index (χ3n) is 1.78. The van der Waals surface area contributed by atoms with Gasteiger partial charge in [-0.25, -0.2) is 4.39 Å². The first kappa shape index (κ1) is 12.4. The average molecular weight is 291 g/mol. The first-order valence-corrected chi connectivity index (χ1v) is 5.75. The summed E-state index contributed by atoms with van der Waals surface area (Å²) in [6.45, 7) is 0.457. The molecule has 1 rings (SSSR count). The molecule has 0 radical (unpaired) electrons. The van der Waals surface area contributed by atoms with Crippen LogP contribution < -0.4 is 10.6 Å². The third kappa shape index (κ3) is 4.57. The van der Waals surface area contributed by atoms with Gasteiger partial charge in [-0.15, -0.1) is 0 Å². The van der Waals surface area contributed by atoms with Crippen LogP contribution in [-0.2, 0) is 6.54 Å². The van der Waals surface area contributed by atoms with Crippen molar-refractivity contribution < 1.29 is 4.39 Å². The van der Waals surface area contributed by atoms with E-state index in [2.05, 4.69) is 26.6 Å². The van der Waals surface area contributed by atoms with Crippen molar-refractivity contribution in [2.45, 2.75) is 6.54 Å². The summed E-state index contributed by atoms with van der Waals surface area (Å²) >= 11 is 8.39. The second kappa shape index (κ2) is 6.74. The fourth-order valence-corrected chi connectivity index (χ4v) is 1.64. The minimum absolute atomic E-state index is 0.252. The fraction of sp³-hybridized carbons (Fsp3) is 0.300. The molecule has 0 saturated carbocycles.